The van der Waals surface area contributed by atoms with Crippen LogP contribution in [0.5, 0.6) is 0 Å². The average Bonchev–Trinajstić information content (AvgIpc) is 3.26. The first kappa shape index (κ1) is 20.7. The van der Waals surface area contributed by atoms with E-state index >= 15 is 0 Å². The van der Waals surface area contributed by atoms with Crippen LogP contribution in [0.25, 0.3) is 0 Å². The Labute approximate surface area is 163 Å². The van der Waals surface area contributed by atoms with Gasteiger partial charge in [0, 0.05) is 0 Å². The molecular formula is C20H34N2O2Sn. The van der Waals surface area contributed by atoms with Gasteiger partial charge in [-0.2, -0.15) is 0 Å². The van der Waals surface area contributed by atoms with Crippen molar-refractivity contribution >= 4 is 24.9 Å². The number of aromatic nitrogens is 2. The van der Waals surface area contributed by atoms with Crippen molar-refractivity contribution in [3.05, 3.63) is 24.5 Å². The second kappa shape index (κ2) is 10.5. The van der Waals surface area contributed by atoms with Crippen LogP contribution in [-0.2, 0) is 16.5 Å². The molecule has 140 valence electrons. The number of nitrogens with zero attached hydrogens (tertiary/aromatic N) is 2. The normalized spacial score (nSPS) is 14.7. The van der Waals surface area contributed by atoms with Crippen molar-refractivity contribution in [2.75, 3.05) is 0 Å². The van der Waals surface area contributed by atoms with E-state index in [0.717, 1.165) is 5.82 Å². The SMILES string of the molecule is CCCC[C](CCCC)(CCCC)[Sn][c]1cnc(C2OC=CO2)n1C. The Hall–Kier alpha value is -0.651. The quantitative estimate of drug-likeness (QED) is 0.419. The summed E-state index contributed by atoms with van der Waals surface area (Å²) in [7, 11) is 2.13. The molecule has 0 saturated carbocycles. The number of unbranched alkanes of at least 4 members (excludes halogenated alkanes) is 3. The van der Waals surface area contributed by atoms with Crippen molar-refractivity contribution in [3.63, 3.8) is 0 Å². The fourth-order valence-electron chi connectivity index (χ4n) is 3.50. The van der Waals surface area contributed by atoms with Gasteiger partial charge < -0.3 is 0 Å². The molecule has 0 spiro atoms. The third-order valence-corrected chi connectivity index (χ3v) is 10.8. The number of imidazole rings is 1. The predicted octanol–water partition coefficient (Wildman–Crippen LogP) is 5.00. The summed E-state index contributed by atoms with van der Waals surface area (Å²) in [6.07, 6.45) is 17.1. The van der Waals surface area contributed by atoms with E-state index < -0.39 is 21.1 Å². The van der Waals surface area contributed by atoms with Crippen LogP contribution in [0.2, 0.25) is 3.43 Å². The van der Waals surface area contributed by atoms with Crippen molar-refractivity contribution < 1.29 is 9.47 Å². The molecule has 1 aliphatic rings. The number of hydrogen-bond acceptors (Lipinski definition) is 3. The maximum absolute atomic E-state index is 5.49. The molecule has 0 atom stereocenters. The summed E-state index contributed by atoms with van der Waals surface area (Å²) in [5.74, 6) is 0.899. The Kier molecular flexibility index (Phi) is 8.66. The fraction of sp³-hybridized carbons (Fsp3) is 0.750. The number of rotatable bonds is 12. The second-order valence-electron chi connectivity index (χ2n) is 7.15. The zero-order valence-corrected chi connectivity index (χ0v) is 19.2. The summed E-state index contributed by atoms with van der Waals surface area (Å²) in [6.45, 7) is 6.96. The first-order valence-corrected chi connectivity index (χ1v) is 12.8. The van der Waals surface area contributed by atoms with Crippen molar-refractivity contribution in [3.8, 4) is 0 Å². The van der Waals surface area contributed by atoms with Gasteiger partial charge in [0.05, 0.1) is 0 Å². The minimum atomic E-state index is -0.776. The van der Waals surface area contributed by atoms with Gasteiger partial charge in [-0.05, 0) is 0 Å². The van der Waals surface area contributed by atoms with Gasteiger partial charge in [0.25, 0.3) is 0 Å². The first-order chi connectivity index (χ1) is 12.2. The molecule has 25 heavy (non-hydrogen) atoms. The summed E-state index contributed by atoms with van der Waals surface area (Å²) in [5, 5.41) is 0. The Morgan fingerprint density at radius 2 is 1.52 bits per heavy atom. The van der Waals surface area contributed by atoms with E-state index in [9.17, 15) is 0 Å². The van der Waals surface area contributed by atoms with Crippen LogP contribution in [0.15, 0.2) is 18.7 Å². The summed E-state index contributed by atoms with van der Waals surface area (Å²) < 4.78 is 15.3. The molecule has 1 aliphatic heterocycles. The Balaban J connectivity index is 2.18. The van der Waals surface area contributed by atoms with Crippen LogP contribution < -0.4 is 3.71 Å². The molecule has 1 aromatic heterocycles. The van der Waals surface area contributed by atoms with E-state index in [2.05, 4.69) is 43.6 Å². The molecule has 0 aliphatic carbocycles. The third-order valence-electron chi connectivity index (χ3n) is 5.11. The molecule has 2 radical (unpaired) electrons. The van der Waals surface area contributed by atoms with Crippen molar-refractivity contribution in [1.82, 2.24) is 9.55 Å². The fourth-order valence-corrected chi connectivity index (χ4v) is 8.81. The van der Waals surface area contributed by atoms with Crippen LogP contribution in [0.3, 0.4) is 0 Å². The first-order valence-electron chi connectivity index (χ1n) is 9.91. The molecule has 2 heterocycles. The predicted molar refractivity (Wildman–Crippen MR) is 104 cm³/mol. The molecule has 0 aromatic carbocycles. The summed E-state index contributed by atoms with van der Waals surface area (Å²) in [6, 6.07) is 0. The Morgan fingerprint density at radius 1 is 1.00 bits per heavy atom. The van der Waals surface area contributed by atoms with Crippen molar-refractivity contribution in [2.45, 2.75) is 88.3 Å². The Bertz CT molecular complexity index is 512. The topological polar surface area (TPSA) is 36.3 Å². The van der Waals surface area contributed by atoms with Crippen molar-refractivity contribution in [2.24, 2.45) is 7.05 Å². The van der Waals surface area contributed by atoms with Gasteiger partial charge >= 0.3 is 164 Å². The third kappa shape index (κ3) is 5.66. The zero-order valence-electron chi connectivity index (χ0n) is 16.4. The molecule has 0 fully saturated rings. The van der Waals surface area contributed by atoms with Gasteiger partial charge in [0.1, 0.15) is 0 Å². The molecule has 0 N–H and O–H groups in total. The second-order valence-corrected chi connectivity index (χ2v) is 12.4. The summed E-state index contributed by atoms with van der Waals surface area (Å²) >= 11 is -0.776. The summed E-state index contributed by atoms with van der Waals surface area (Å²) in [4.78, 5) is 4.64. The number of ether oxygens (including phenoxy) is 2. The molecule has 0 amide bonds. The average molecular weight is 453 g/mol. The van der Waals surface area contributed by atoms with Gasteiger partial charge in [-0.25, -0.2) is 0 Å². The van der Waals surface area contributed by atoms with E-state index in [0.29, 0.717) is 3.43 Å². The molecule has 5 heteroatoms. The van der Waals surface area contributed by atoms with Gasteiger partial charge in [0.2, 0.25) is 0 Å². The summed E-state index contributed by atoms with van der Waals surface area (Å²) in [5.41, 5.74) is 0. The number of hydrogen-bond donors (Lipinski definition) is 0. The van der Waals surface area contributed by atoms with Gasteiger partial charge in [-0.1, -0.05) is 0 Å². The van der Waals surface area contributed by atoms with Crippen LogP contribution >= 0.6 is 0 Å². The molecule has 1 aromatic rings. The van der Waals surface area contributed by atoms with Crippen LogP contribution in [0.4, 0.5) is 0 Å². The van der Waals surface area contributed by atoms with Gasteiger partial charge in [0.15, 0.2) is 0 Å². The molecule has 0 unspecified atom stereocenters. The van der Waals surface area contributed by atoms with Crippen molar-refractivity contribution in [1.29, 1.82) is 0 Å². The Morgan fingerprint density at radius 3 is 2.00 bits per heavy atom. The standard InChI is InChI=1S/C13H27.C7H7N2O2.Sn/c1-4-7-10-13(11-8-5-2)12-9-6-3;1-9-3-2-8-6(9)7-10-4-5-11-7;/h4-12H2,1-3H3;2,4-5,7H,1H3;. The monoisotopic (exact) mass is 454 g/mol. The minimum absolute atomic E-state index is 0.366. The molecule has 0 bridgehead atoms. The van der Waals surface area contributed by atoms with E-state index in [4.69, 9.17) is 9.47 Å². The van der Waals surface area contributed by atoms with Crippen LogP contribution in [-0.4, -0.2) is 30.7 Å². The van der Waals surface area contributed by atoms with Crippen LogP contribution in [0, 0.1) is 0 Å². The maximum atomic E-state index is 5.49. The molecule has 0 saturated heterocycles. The van der Waals surface area contributed by atoms with Gasteiger partial charge in [-0.3, -0.25) is 0 Å². The van der Waals surface area contributed by atoms with E-state index in [-0.39, 0.29) is 6.29 Å². The molecule has 2 rings (SSSR count). The molecule has 4 nitrogen and oxygen atoms in total. The zero-order chi connectivity index (χ0) is 18.1. The van der Waals surface area contributed by atoms with E-state index in [1.165, 1.54) is 61.5 Å². The molecular weight excluding hydrogens is 419 g/mol. The van der Waals surface area contributed by atoms with E-state index in [1.807, 2.05) is 0 Å². The van der Waals surface area contributed by atoms with Gasteiger partial charge in [-0.15, -0.1) is 0 Å². The van der Waals surface area contributed by atoms with E-state index in [1.54, 1.807) is 12.5 Å². The van der Waals surface area contributed by atoms with Crippen LogP contribution in [0.1, 0.15) is 90.7 Å².